The molecule has 1 aliphatic heterocycles. The van der Waals surface area contributed by atoms with Crippen LogP contribution in [0.1, 0.15) is 25.5 Å². The van der Waals surface area contributed by atoms with E-state index in [1.165, 1.54) is 0 Å². The molecule has 0 unspecified atom stereocenters. The molecule has 30 heavy (non-hydrogen) atoms. The van der Waals surface area contributed by atoms with E-state index in [0.29, 0.717) is 31.8 Å². The van der Waals surface area contributed by atoms with Crippen molar-refractivity contribution in [2.45, 2.75) is 30.2 Å². The normalized spacial score (nSPS) is 18.5. The average molecular weight is 433 g/mol. The van der Waals surface area contributed by atoms with Crippen molar-refractivity contribution in [3.63, 3.8) is 0 Å². The lowest BCUT2D eigenvalue weighted by Gasteiger charge is -2.37. The second-order valence-electron chi connectivity index (χ2n) is 8.46. The van der Waals surface area contributed by atoms with Gasteiger partial charge in [-0.05, 0) is 31.9 Å². The van der Waals surface area contributed by atoms with Gasteiger partial charge in [0.05, 0.1) is 17.6 Å². The Morgan fingerprint density at radius 3 is 2.50 bits per heavy atom. The van der Waals surface area contributed by atoms with Crippen LogP contribution in [0.3, 0.4) is 0 Å². The van der Waals surface area contributed by atoms with Gasteiger partial charge in [-0.15, -0.1) is 0 Å². The fraction of sp³-hybridized carbons (Fsp3) is 0.500. The fourth-order valence-electron chi connectivity index (χ4n) is 3.69. The highest BCUT2D eigenvalue weighted by Crippen LogP contribution is 2.36. The molecule has 0 radical (unpaired) electrons. The zero-order chi connectivity index (χ0) is 21.7. The molecule has 0 spiro atoms. The number of carbonyl (C=O) groups excluding carboxylic acids is 1. The number of hydrogen-bond donors (Lipinski definition) is 1. The van der Waals surface area contributed by atoms with Crippen molar-refractivity contribution in [1.82, 2.24) is 23.9 Å². The molecule has 1 aliphatic carbocycles. The molecular formula is C20H28N6O3S. The Hall–Kier alpha value is -2.59. The smallest absolute Gasteiger partial charge is 0.319 e. The Labute approximate surface area is 177 Å². The molecule has 9 nitrogen and oxygen atoms in total. The Bertz CT molecular complexity index is 1100. The maximum atomic E-state index is 13.1. The van der Waals surface area contributed by atoms with Crippen molar-refractivity contribution in [3.8, 4) is 0 Å². The second-order valence-corrected chi connectivity index (χ2v) is 10.1. The lowest BCUT2D eigenvalue weighted by Crippen LogP contribution is -2.51. The molecule has 2 aromatic rings. The van der Waals surface area contributed by atoms with Gasteiger partial charge in [0.1, 0.15) is 4.90 Å². The van der Waals surface area contributed by atoms with E-state index in [1.54, 1.807) is 52.8 Å². The van der Waals surface area contributed by atoms with Gasteiger partial charge in [0.25, 0.3) is 0 Å². The van der Waals surface area contributed by atoms with E-state index in [0.717, 1.165) is 24.2 Å². The van der Waals surface area contributed by atoms with E-state index in [2.05, 4.69) is 21.2 Å². The van der Waals surface area contributed by atoms with Crippen molar-refractivity contribution in [2.24, 2.45) is 0 Å². The molecule has 3 heterocycles. The topological polar surface area (TPSA) is 90.3 Å². The maximum absolute atomic E-state index is 13.1. The molecule has 1 saturated heterocycles. The van der Waals surface area contributed by atoms with E-state index in [4.69, 9.17) is 0 Å². The highest BCUT2D eigenvalue weighted by molar-refractivity contribution is 7.89. The highest BCUT2D eigenvalue weighted by Gasteiger charge is 2.41. The van der Waals surface area contributed by atoms with Gasteiger partial charge in [-0.2, -0.15) is 0 Å². The summed E-state index contributed by atoms with van der Waals surface area (Å²) in [5.41, 5.74) is 1.78. The Kier molecular flexibility index (Phi) is 5.01. The molecule has 0 aromatic carbocycles. The van der Waals surface area contributed by atoms with Gasteiger partial charge in [-0.1, -0.05) is 6.58 Å². The van der Waals surface area contributed by atoms with E-state index >= 15 is 0 Å². The summed E-state index contributed by atoms with van der Waals surface area (Å²) in [5.74, 6) is 0. The summed E-state index contributed by atoms with van der Waals surface area (Å²) >= 11 is 0. The van der Waals surface area contributed by atoms with Crippen molar-refractivity contribution in [1.29, 1.82) is 0 Å². The summed E-state index contributed by atoms with van der Waals surface area (Å²) in [6.07, 6.45) is 6.62. The molecule has 2 amide bonds. The quantitative estimate of drug-likeness (QED) is 0.775. The van der Waals surface area contributed by atoms with Crippen molar-refractivity contribution < 1.29 is 13.2 Å². The van der Waals surface area contributed by atoms with E-state index in [1.807, 2.05) is 6.92 Å². The van der Waals surface area contributed by atoms with Gasteiger partial charge in [0, 0.05) is 52.0 Å². The molecule has 0 atom stereocenters. The summed E-state index contributed by atoms with van der Waals surface area (Å²) in [6.45, 7) is 8.05. The first-order valence-corrected chi connectivity index (χ1v) is 11.5. The lowest BCUT2D eigenvalue weighted by molar-refractivity contribution is 0.168. The van der Waals surface area contributed by atoms with Gasteiger partial charge in [0.15, 0.2) is 5.65 Å². The van der Waals surface area contributed by atoms with Crippen LogP contribution in [0.25, 0.3) is 11.7 Å². The lowest BCUT2D eigenvalue weighted by atomic mass is 10.2. The first-order chi connectivity index (χ1) is 14.1. The van der Waals surface area contributed by atoms with Crippen LogP contribution in [0.15, 0.2) is 29.9 Å². The minimum Gasteiger partial charge on any atom is -0.365 e. The molecule has 2 aromatic heterocycles. The van der Waals surface area contributed by atoms with E-state index < -0.39 is 10.0 Å². The van der Waals surface area contributed by atoms with E-state index in [9.17, 15) is 13.2 Å². The fourth-order valence-corrected chi connectivity index (χ4v) is 5.17. The Morgan fingerprint density at radius 2 is 1.93 bits per heavy atom. The van der Waals surface area contributed by atoms with Crippen molar-refractivity contribution in [3.05, 3.63) is 30.7 Å². The monoisotopic (exact) mass is 432 g/mol. The van der Waals surface area contributed by atoms with Crippen LogP contribution in [-0.2, 0) is 10.0 Å². The van der Waals surface area contributed by atoms with Gasteiger partial charge in [0.2, 0.25) is 10.0 Å². The van der Waals surface area contributed by atoms with Gasteiger partial charge in [-0.25, -0.2) is 22.9 Å². The largest absolute Gasteiger partial charge is 0.365 e. The summed E-state index contributed by atoms with van der Waals surface area (Å²) in [4.78, 5) is 22.4. The number of amides is 2. The van der Waals surface area contributed by atoms with Crippen LogP contribution >= 0.6 is 0 Å². The van der Waals surface area contributed by atoms with Gasteiger partial charge in [-0.3, -0.25) is 4.40 Å². The van der Waals surface area contributed by atoms with Crippen LogP contribution in [-0.4, -0.2) is 79.4 Å². The van der Waals surface area contributed by atoms with Crippen LogP contribution in [0.4, 0.5) is 10.5 Å². The zero-order valence-corrected chi connectivity index (χ0v) is 18.4. The number of imidazole rings is 1. The number of anilines is 1. The summed E-state index contributed by atoms with van der Waals surface area (Å²) in [6, 6.07) is 1.67. The Morgan fingerprint density at radius 1 is 1.27 bits per heavy atom. The number of aromatic nitrogens is 2. The number of pyridine rings is 1. The molecule has 4 rings (SSSR count). The molecule has 1 N–H and O–H groups in total. The second kappa shape index (κ2) is 7.28. The number of fused-ring (bicyclic) bond motifs is 1. The third-order valence-electron chi connectivity index (χ3n) is 5.76. The SMILES string of the molecule is C=Cc1cnc2c(N3CCN(C(=O)N(C)C)CC3)cc(S(=O)(=O)NC3(C)CC3)cn12. The van der Waals surface area contributed by atoms with Crippen LogP contribution in [0.5, 0.6) is 0 Å². The summed E-state index contributed by atoms with van der Waals surface area (Å²) in [7, 11) is -0.202. The minimum absolute atomic E-state index is 0.0206. The number of piperazine rings is 1. The molecule has 0 bridgehead atoms. The first-order valence-electron chi connectivity index (χ1n) is 10.0. The predicted octanol–water partition coefficient (Wildman–Crippen LogP) is 1.61. The number of hydrogen-bond acceptors (Lipinski definition) is 5. The third-order valence-corrected chi connectivity index (χ3v) is 7.37. The predicted molar refractivity (Wildman–Crippen MR) is 116 cm³/mol. The van der Waals surface area contributed by atoms with Crippen LogP contribution in [0.2, 0.25) is 0 Å². The first kappa shape index (κ1) is 20.7. The Balaban J connectivity index is 1.70. The number of carbonyl (C=O) groups is 1. The number of urea groups is 1. The molecule has 1 saturated carbocycles. The third kappa shape index (κ3) is 3.77. The molecular weight excluding hydrogens is 404 g/mol. The minimum atomic E-state index is -3.68. The number of nitrogens with one attached hydrogen (secondary N) is 1. The van der Waals surface area contributed by atoms with Crippen LogP contribution < -0.4 is 9.62 Å². The molecule has 2 aliphatic rings. The highest BCUT2D eigenvalue weighted by atomic mass is 32.2. The van der Waals surface area contributed by atoms with Crippen LogP contribution in [0, 0.1) is 0 Å². The molecule has 10 heteroatoms. The summed E-state index contributed by atoms with van der Waals surface area (Å²) in [5, 5.41) is 0. The molecule has 2 fully saturated rings. The number of rotatable bonds is 5. The van der Waals surface area contributed by atoms with Gasteiger partial charge < -0.3 is 14.7 Å². The maximum Gasteiger partial charge on any atom is 0.319 e. The molecule has 162 valence electrons. The standard InChI is InChI=1S/C20H28N6O3S/c1-5-15-13-21-18-17(24-8-10-25(11-9-24)19(27)23(3)4)12-16(14-26(15)18)30(28,29)22-20(2)6-7-20/h5,12-14,22H,1,6-11H2,2-4H3. The van der Waals surface area contributed by atoms with Crippen molar-refractivity contribution in [2.75, 3.05) is 45.2 Å². The van der Waals surface area contributed by atoms with Crippen molar-refractivity contribution >= 4 is 33.5 Å². The average Bonchev–Trinajstić information content (AvgIpc) is 3.27. The van der Waals surface area contributed by atoms with E-state index in [-0.39, 0.29) is 16.5 Å². The number of nitrogens with zero attached hydrogens (tertiary/aromatic N) is 5. The van der Waals surface area contributed by atoms with Gasteiger partial charge >= 0.3 is 6.03 Å². The zero-order valence-electron chi connectivity index (χ0n) is 17.6. The summed E-state index contributed by atoms with van der Waals surface area (Å²) < 4.78 is 30.7. The number of sulfonamides is 1.